The normalized spacial score (nSPS) is 22.1. The number of para-hydroxylation sites is 1. The number of ether oxygens (including phenoxy) is 1. The number of fused-ring (bicyclic) bond motifs is 1. The van der Waals surface area contributed by atoms with Gasteiger partial charge in [0.15, 0.2) is 17.6 Å². The summed E-state index contributed by atoms with van der Waals surface area (Å²) in [6, 6.07) is 19.3. The van der Waals surface area contributed by atoms with E-state index in [1.165, 1.54) is 18.1 Å². The number of aromatic hydroxyl groups is 1. The van der Waals surface area contributed by atoms with E-state index in [0.29, 0.717) is 11.3 Å². The number of rotatable bonds is 4. The zero-order chi connectivity index (χ0) is 23.3. The second-order valence-electron chi connectivity index (χ2n) is 8.39. The van der Waals surface area contributed by atoms with Crippen LogP contribution in [0.25, 0.3) is 0 Å². The van der Waals surface area contributed by atoms with Crippen molar-refractivity contribution in [2.45, 2.75) is 26.0 Å². The molecule has 2 fully saturated rings. The molecule has 0 unspecified atom stereocenters. The summed E-state index contributed by atoms with van der Waals surface area (Å²) >= 11 is 0. The SMILES string of the molecule is COc1cc([C@@H]2[C@@H]3C(=O)N(c4ccc(C)cc4C)C(=O)[C@H]3ON2c2ccccc2)ccc1O. The van der Waals surface area contributed by atoms with Gasteiger partial charge in [-0.2, -0.15) is 0 Å². The number of nitrogens with zero attached hydrogens (tertiary/aromatic N) is 2. The first-order valence-electron chi connectivity index (χ1n) is 10.7. The Morgan fingerprint density at radius 3 is 2.39 bits per heavy atom. The van der Waals surface area contributed by atoms with Crippen LogP contribution in [-0.4, -0.2) is 30.1 Å². The molecule has 5 rings (SSSR count). The fourth-order valence-corrected chi connectivity index (χ4v) is 4.72. The van der Waals surface area contributed by atoms with Crippen LogP contribution >= 0.6 is 0 Å². The van der Waals surface area contributed by atoms with E-state index in [-0.39, 0.29) is 23.3 Å². The van der Waals surface area contributed by atoms with Crippen LogP contribution in [0.4, 0.5) is 11.4 Å². The zero-order valence-corrected chi connectivity index (χ0v) is 18.6. The average molecular weight is 444 g/mol. The summed E-state index contributed by atoms with van der Waals surface area (Å²) in [5.41, 5.74) is 3.89. The maximum atomic E-state index is 13.7. The molecule has 1 N–H and O–H groups in total. The Morgan fingerprint density at radius 2 is 1.70 bits per heavy atom. The van der Waals surface area contributed by atoms with Crippen molar-refractivity contribution < 1.29 is 24.3 Å². The number of hydrogen-bond donors (Lipinski definition) is 1. The lowest BCUT2D eigenvalue weighted by molar-refractivity contribution is -0.126. The van der Waals surface area contributed by atoms with Crippen molar-refractivity contribution in [2.75, 3.05) is 17.1 Å². The van der Waals surface area contributed by atoms with Gasteiger partial charge in [0, 0.05) is 0 Å². The van der Waals surface area contributed by atoms with Crippen molar-refractivity contribution in [1.82, 2.24) is 0 Å². The first kappa shape index (κ1) is 21.0. The standard InChI is InChI=1S/C26H24N2O5/c1-15-9-11-19(16(2)13-15)27-25(30)22-23(17-10-12-20(29)21(14-17)32-3)28(33-24(22)26(27)31)18-7-5-4-6-8-18/h4-14,22-24,29H,1-3H3/t22-,23+,24-/m0/s1. The molecule has 2 saturated heterocycles. The summed E-state index contributed by atoms with van der Waals surface area (Å²) in [4.78, 5) is 34.6. The highest BCUT2D eigenvalue weighted by Gasteiger charge is 2.60. The Kier molecular flexibility index (Phi) is 5.06. The smallest absolute Gasteiger partial charge is 0.266 e. The van der Waals surface area contributed by atoms with Crippen molar-refractivity contribution >= 4 is 23.2 Å². The number of carbonyl (C=O) groups excluding carboxylic acids is 2. The quantitative estimate of drug-likeness (QED) is 0.611. The summed E-state index contributed by atoms with van der Waals surface area (Å²) < 4.78 is 5.29. The number of methoxy groups -OCH3 is 1. The third kappa shape index (κ3) is 3.32. The molecule has 2 aliphatic rings. The van der Waals surface area contributed by atoms with Crippen molar-refractivity contribution in [1.29, 1.82) is 0 Å². The van der Waals surface area contributed by atoms with Gasteiger partial charge >= 0.3 is 0 Å². The molecule has 7 nitrogen and oxygen atoms in total. The van der Waals surface area contributed by atoms with Gasteiger partial charge in [-0.25, -0.2) is 9.96 Å². The molecule has 0 spiro atoms. The van der Waals surface area contributed by atoms with Gasteiger partial charge in [-0.3, -0.25) is 14.4 Å². The number of amides is 2. The van der Waals surface area contributed by atoms with Crippen molar-refractivity contribution in [3.05, 3.63) is 83.4 Å². The number of hydrogen-bond acceptors (Lipinski definition) is 6. The molecule has 0 saturated carbocycles. The third-order valence-electron chi connectivity index (χ3n) is 6.26. The molecule has 0 bridgehead atoms. The van der Waals surface area contributed by atoms with Gasteiger partial charge in [-0.15, -0.1) is 0 Å². The lowest BCUT2D eigenvalue weighted by Gasteiger charge is -2.29. The van der Waals surface area contributed by atoms with E-state index in [4.69, 9.17) is 9.57 Å². The number of phenolic OH excluding ortho intramolecular Hbond substituents is 1. The monoisotopic (exact) mass is 444 g/mol. The van der Waals surface area contributed by atoms with Crippen LogP contribution in [0.1, 0.15) is 22.7 Å². The average Bonchev–Trinajstić information content (AvgIpc) is 3.31. The molecule has 168 valence electrons. The Hall–Kier alpha value is -3.84. The number of carbonyl (C=O) groups is 2. The third-order valence-corrected chi connectivity index (χ3v) is 6.26. The van der Waals surface area contributed by atoms with Crippen LogP contribution in [0.15, 0.2) is 66.7 Å². The van der Waals surface area contributed by atoms with Crippen molar-refractivity contribution in [3.8, 4) is 11.5 Å². The van der Waals surface area contributed by atoms with Gasteiger partial charge < -0.3 is 9.84 Å². The largest absolute Gasteiger partial charge is 0.504 e. The Morgan fingerprint density at radius 1 is 0.939 bits per heavy atom. The molecule has 0 aliphatic carbocycles. The van der Waals surface area contributed by atoms with Crippen LogP contribution in [0.3, 0.4) is 0 Å². The van der Waals surface area contributed by atoms with Gasteiger partial charge in [0.1, 0.15) is 5.92 Å². The number of hydroxylamine groups is 1. The van der Waals surface area contributed by atoms with E-state index in [9.17, 15) is 14.7 Å². The Balaban J connectivity index is 1.61. The molecule has 0 aromatic heterocycles. The Bertz CT molecular complexity index is 1240. The second kappa shape index (κ2) is 7.94. The summed E-state index contributed by atoms with van der Waals surface area (Å²) in [5, 5.41) is 11.7. The van der Waals surface area contributed by atoms with Crippen LogP contribution in [0.5, 0.6) is 11.5 Å². The van der Waals surface area contributed by atoms with Crippen molar-refractivity contribution in [3.63, 3.8) is 0 Å². The van der Waals surface area contributed by atoms with E-state index in [0.717, 1.165) is 16.8 Å². The van der Waals surface area contributed by atoms with Gasteiger partial charge in [-0.1, -0.05) is 42.0 Å². The van der Waals surface area contributed by atoms with Crippen LogP contribution in [-0.2, 0) is 14.4 Å². The number of imide groups is 1. The highest BCUT2D eigenvalue weighted by molar-refractivity contribution is 6.24. The lowest BCUT2D eigenvalue weighted by atomic mass is 9.90. The van der Waals surface area contributed by atoms with E-state index < -0.39 is 18.1 Å². The fraction of sp³-hybridized carbons (Fsp3) is 0.231. The predicted octanol–water partition coefficient (Wildman–Crippen LogP) is 4.07. The van der Waals surface area contributed by atoms with E-state index >= 15 is 0 Å². The van der Waals surface area contributed by atoms with Crippen molar-refractivity contribution in [2.24, 2.45) is 5.92 Å². The molecule has 3 aromatic rings. The fourth-order valence-electron chi connectivity index (χ4n) is 4.72. The molecular formula is C26H24N2O5. The zero-order valence-electron chi connectivity index (χ0n) is 18.6. The minimum absolute atomic E-state index is 0.00583. The van der Waals surface area contributed by atoms with Gasteiger partial charge in [0.05, 0.1) is 24.5 Å². The van der Waals surface area contributed by atoms with Crippen LogP contribution in [0, 0.1) is 19.8 Å². The summed E-state index contributed by atoms with van der Waals surface area (Å²) in [5.74, 6) is -1.17. The Labute approximate surface area is 191 Å². The summed E-state index contributed by atoms with van der Waals surface area (Å²) in [6.07, 6.45) is -0.955. The second-order valence-corrected chi connectivity index (χ2v) is 8.39. The topological polar surface area (TPSA) is 79.3 Å². The molecule has 2 heterocycles. The highest BCUT2D eigenvalue weighted by atomic mass is 16.7. The lowest BCUT2D eigenvalue weighted by Crippen LogP contribution is -2.37. The van der Waals surface area contributed by atoms with Gasteiger partial charge in [0.25, 0.3) is 5.91 Å². The molecular weight excluding hydrogens is 420 g/mol. The predicted molar refractivity (Wildman–Crippen MR) is 123 cm³/mol. The van der Waals surface area contributed by atoms with E-state index in [2.05, 4.69) is 0 Å². The van der Waals surface area contributed by atoms with Gasteiger partial charge in [0.2, 0.25) is 5.91 Å². The maximum absolute atomic E-state index is 13.7. The van der Waals surface area contributed by atoms with Crippen LogP contribution in [0.2, 0.25) is 0 Å². The molecule has 2 amide bonds. The summed E-state index contributed by atoms with van der Waals surface area (Å²) in [7, 11) is 1.47. The molecule has 33 heavy (non-hydrogen) atoms. The number of aryl methyl sites for hydroxylation is 2. The molecule has 7 heteroatoms. The number of phenols is 1. The molecule has 0 radical (unpaired) electrons. The number of anilines is 2. The van der Waals surface area contributed by atoms with Gasteiger partial charge in [-0.05, 0) is 55.3 Å². The first-order chi connectivity index (χ1) is 15.9. The highest BCUT2D eigenvalue weighted by Crippen LogP contribution is 2.48. The molecule has 3 aromatic carbocycles. The minimum Gasteiger partial charge on any atom is -0.504 e. The number of benzene rings is 3. The van der Waals surface area contributed by atoms with E-state index in [1.807, 2.05) is 56.3 Å². The van der Waals surface area contributed by atoms with E-state index in [1.54, 1.807) is 23.3 Å². The molecule has 2 aliphatic heterocycles. The molecule has 3 atom stereocenters. The maximum Gasteiger partial charge on any atom is 0.266 e. The first-order valence-corrected chi connectivity index (χ1v) is 10.7. The minimum atomic E-state index is -0.955. The summed E-state index contributed by atoms with van der Waals surface area (Å²) in [6.45, 7) is 3.85. The van der Waals surface area contributed by atoms with Crippen LogP contribution < -0.4 is 14.7 Å².